The predicted octanol–water partition coefficient (Wildman–Crippen LogP) is 2.50. The highest BCUT2D eigenvalue weighted by molar-refractivity contribution is 5.77. The molecule has 2 heterocycles. The third-order valence-corrected chi connectivity index (χ3v) is 4.60. The molecule has 1 aliphatic heterocycles. The molecule has 0 aliphatic carbocycles. The number of hydrogen-bond acceptors (Lipinski definition) is 5. The summed E-state index contributed by atoms with van der Waals surface area (Å²) in [5.41, 5.74) is 0. The van der Waals surface area contributed by atoms with E-state index in [0.29, 0.717) is 24.0 Å². The van der Waals surface area contributed by atoms with Gasteiger partial charge in [0.1, 0.15) is 5.82 Å². The number of anilines is 1. The van der Waals surface area contributed by atoms with Crippen LogP contribution in [0.4, 0.5) is 5.82 Å². The first-order valence-electron chi connectivity index (χ1n) is 8.95. The molecular weight excluding hydrogens is 330 g/mol. The van der Waals surface area contributed by atoms with Crippen molar-refractivity contribution in [3.8, 4) is 11.5 Å². The van der Waals surface area contributed by atoms with E-state index in [1.54, 1.807) is 13.2 Å². The standard InChI is InChI=1S/C20H25N3O3/c1-25-17-6-2-3-7-18(17)26-15-20(24)22-14-16-9-12-23(13-10-16)19-8-4-5-11-21-19/h2-8,11,16H,9-10,12-15H2,1H3,(H,22,24). The Hall–Kier alpha value is -2.76. The van der Waals surface area contributed by atoms with E-state index in [0.717, 1.165) is 31.7 Å². The zero-order valence-electron chi connectivity index (χ0n) is 15.1. The highest BCUT2D eigenvalue weighted by Crippen LogP contribution is 2.25. The maximum atomic E-state index is 12.0. The molecule has 1 aromatic heterocycles. The summed E-state index contributed by atoms with van der Waals surface area (Å²) in [5, 5.41) is 2.98. The molecule has 26 heavy (non-hydrogen) atoms. The molecule has 1 aromatic carbocycles. The Kier molecular flexibility index (Phi) is 6.30. The van der Waals surface area contributed by atoms with Crippen LogP contribution in [0.3, 0.4) is 0 Å². The molecule has 1 aliphatic rings. The average molecular weight is 355 g/mol. The normalized spacial score (nSPS) is 14.7. The number of aromatic nitrogens is 1. The van der Waals surface area contributed by atoms with Crippen molar-refractivity contribution < 1.29 is 14.3 Å². The third-order valence-electron chi connectivity index (χ3n) is 4.60. The van der Waals surface area contributed by atoms with E-state index in [1.165, 1.54) is 0 Å². The molecule has 6 heteroatoms. The second kappa shape index (κ2) is 9.08. The van der Waals surface area contributed by atoms with Crippen LogP contribution in [0.5, 0.6) is 11.5 Å². The van der Waals surface area contributed by atoms with Gasteiger partial charge in [-0.25, -0.2) is 4.98 Å². The van der Waals surface area contributed by atoms with Crippen LogP contribution < -0.4 is 19.7 Å². The number of amides is 1. The van der Waals surface area contributed by atoms with Gasteiger partial charge in [0.15, 0.2) is 18.1 Å². The first kappa shape index (κ1) is 18.0. The lowest BCUT2D eigenvalue weighted by Gasteiger charge is -2.32. The van der Waals surface area contributed by atoms with E-state index in [-0.39, 0.29) is 12.5 Å². The number of carbonyl (C=O) groups excluding carboxylic acids is 1. The molecule has 0 spiro atoms. The zero-order chi connectivity index (χ0) is 18.2. The van der Waals surface area contributed by atoms with Crippen molar-refractivity contribution in [3.63, 3.8) is 0 Å². The Labute approximate surface area is 154 Å². The van der Waals surface area contributed by atoms with Gasteiger partial charge in [0, 0.05) is 25.8 Å². The quantitative estimate of drug-likeness (QED) is 0.827. The van der Waals surface area contributed by atoms with Crippen molar-refractivity contribution in [2.75, 3.05) is 38.3 Å². The van der Waals surface area contributed by atoms with Gasteiger partial charge in [0.05, 0.1) is 7.11 Å². The molecule has 1 fully saturated rings. The van der Waals surface area contributed by atoms with Crippen molar-refractivity contribution in [3.05, 3.63) is 48.7 Å². The molecule has 0 bridgehead atoms. The lowest BCUT2D eigenvalue weighted by Crippen LogP contribution is -2.40. The molecule has 2 aromatic rings. The second-order valence-electron chi connectivity index (χ2n) is 6.36. The van der Waals surface area contributed by atoms with Gasteiger partial charge in [-0.3, -0.25) is 4.79 Å². The maximum Gasteiger partial charge on any atom is 0.257 e. The second-order valence-corrected chi connectivity index (χ2v) is 6.36. The van der Waals surface area contributed by atoms with Crippen molar-refractivity contribution in [2.45, 2.75) is 12.8 Å². The molecule has 6 nitrogen and oxygen atoms in total. The van der Waals surface area contributed by atoms with Crippen LogP contribution in [-0.2, 0) is 4.79 Å². The maximum absolute atomic E-state index is 12.0. The van der Waals surface area contributed by atoms with Crippen LogP contribution in [-0.4, -0.2) is 44.2 Å². The molecule has 1 saturated heterocycles. The van der Waals surface area contributed by atoms with Gasteiger partial charge in [0.25, 0.3) is 5.91 Å². The topological polar surface area (TPSA) is 63.7 Å². The lowest BCUT2D eigenvalue weighted by atomic mass is 9.97. The lowest BCUT2D eigenvalue weighted by molar-refractivity contribution is -0.123. The summed E-state index contributed by atoms with van der Waals surface area (Å²) in [7, 11) is 1.58. The van der Waals surface area contributed by atoms with Gasteiger partial charge in [-0.15, -0.1) is 0 Å². The Balaban J connectivity index is 1.38. The van der Waals surface area contributed by atoms with E-state index in [1.807, 2.05) is 42.6 Å². The van der Waals surface area contributed by atoms with Crippen molar-refractivity contribution in [1.29, 1.82) is 0 Å². The molecule has 1 N–H and O–H groups in total. The first-order chi connectivity index (χ1) is 12.8. The molecule has 3 rings (SSSR count). The average Bonchev–Trinajstić information content (AvgIpc) is 2.72. The minimum atomic E-state index is -0.108. The fourth-order valence-corrected chi connectivity index (χ4v) is 3.10. The minimum absolute atomic E-state index is 0.00679. The zero-order valence-corrected chi connectivity index (χ0v) is 15.1. The number of pyridine rings is 1. The summed E-state index contributed by atoms with van der Waals surface area (Å²) >= 11 is 0. The molecule has 138 valence electrons. The largest absolute Gasteiger partial charge is 0.493 e. The monoisotopic (exact) mass is 355 g/mol. The van der Waals surface area contributed by atoms with E-state index < -0.39 is 0 Å². The van der Waals surface area contributed by atoms with Gasteiger partial charge in [-0.2, -0.15) is 0 Å². The molecule has 1 amide bonds. The summed E-state index contributed by atoms with van der Waals surface area (Å²) in [4.78, 5) is 18.7. The van der Waals surface area contributed by atoms with Crippen LogP contribution in [0.2, 0.25) is 0 Å². The van der Waals surface area contributed by atoms with Gasteiger partial charge in [-0.05, 0) is 43.0 Å². The molecule has 0 unspecified atom stereocenters. The van der Waals surface area contributed by atoms with Crippen LogP contribution in [0.25, 0.3) is 0 Å². The number of methoxy groups -OCH3 is 1. The van der Waals surface area contributed by atoms with Crippen LogP contribution >= 0.6 is 0 Å². The Morgan fingerprint density at radius 1 is 1.15 bits per heavy atom. The molecule has 0 saturated carbocycles. The Morgan fingerprint density at radius 3 is 2.58 bits per heavy atom. The molecule has 0 radical (unpaired) electrons. The highest BCUT2D eigenvalue weighted by atomic mass is 16.5. The summed E-state index contributed by atoms with van der Waals surface area (Å²) in [5.74, 6) is 2.62. The molecular formula is C20H25N3O3. The number of nitrogens with one attached hydrogen (secondary N) is 1. The highest BCUT2D eigenvalue weighted by Gasteiger charge is 2.20. The summed E-state index contributed by atoms with van der Waals surface area (Å²) < 4.78 is 10.8. The predicted molar refractivity (Wildman–Crippen MR) is 101 cm³/mol. The Bertz CT molecular complexity index is 700. The minimum Gasteiger partial charge on any atom is -0.493 e. The number of para-hydroxylation sites is 2. The third kappa shape index (κ3) is 4.88. The Morgan fingerprint density at radius 2 is 1.88 bits per heavy atom. The van der Waals surface area contributed by atoms with Crippen molar-refractivity contribution >= 4 is 11.7 Å². The number of carbonyl (C=O) groups is 1. The van der Waals surface area contributed by atoms with Gasteiger partial charge in [-0.1, -0.05) is 18.2 Å². The van der Waals surface area contributed by atoms with Crippen LogP contribution in [0, 0.1) is 5.92 Å². The number of piperidine rings is 1. The summed E-state index contributed by atoms with van der Waals surface area (Å²) in [6, 6.07) is 13.3. The SMILES string of the molecule is COc1ccccc1OCC(=O)NCC1CCN(c2ccccn2)CC1. The van der Waals surface area contributed by atoms with Crippen molar-refractivity contribution in [1.82, 2.24) is 10.3 Å². The van der Waals surface area contributed by atoms with Crippen LogP contribution in [0.1, 0.15) is 12.8 Å². The van der Waals surface area contributed by atoms with Gasteiger partial charge >= 0.3 is 0 Å². The number of hydrogen-bond donors (Lipinski definition) is 1. The van der Waals surface area contributed by atoms with E-state index in [4.69, 9.17) is 9.47 Å². The smallest absolute Gasteiger partial charge is 0.257 e. The summed E-state index contributed by atoms with van der Waals surface area (Å²) in [6.07, 6.45) is 3.91. The number of rotatable bonds is 7. The van der Waals surface area contributed by atoms with Crippen LogP contribution in [0.15, 0.2) is 48.7 Å². The fraction of sp³-hybridized carbons (Fsp3) is 0.400. The molecule has 0 atom stereocenters. The van der Waals surface area contributed by atoms with Gasteiger partial charge in [0.2, 0.25) is 0 Å². The van der Waals surface area contributed by atoms with E-state index in [9.17, 15) is 4.79 Å². The van der Waals surface area contributed by atoms with Crippen molar-refractivity contribution in [2.24, 2.45) is 5.92 Å². The first-order valence-corrected chi connectivity index (χ1v) is 8.95. The summed E-state index contributed by atoms with van der Waals surface area (Å²) in [6.45, 7) is 2.61. The van der Waals surface area contributed by atoms with E-state index >= 15 is 0 Å². The fourth-order valence-electron chi connectivity index (χ4n) is 3.10. The number of ether oxygens (including phenoxy) is 2. The van der Waals surface area contributed by atoms with E-state index in [2.05, 4.69) is 15.2 Å². The van der Waals surface area contributed by atoms with Gasteiger partial charge < -0.3 is 19.7 Å². The number of nitrogens with zero attached hydrogens (tertiary/aromatic N) is 2. The number of benzene rings is 1.